The average Bonchev–Trinajstić information content (AvgIpc) is 2.91. The molecule has 0 radical (unpaired) electrons. The number of esters is 1. The summed E-state index contributed by atoms with van der Waals surface area (Å²) >= 11 is 0. The topological polar surface area (TPSA) is 63.2 Å². The number of fused-ring (bicyclic) bond motifs is 1. The first kappa shape index (κ1) is 29.5. The summed E-state index contributed by atoms with van der Waals surface area (Å²) in [5.74, 6) is -0.309. The highest BCUT2D eigenvalue weighted by molar-refractivity contribution is 5.66. The molecule has 2 fully saturated rings. The first-order valence-electron chi connectivity index (χ1n) is 14.1. The van der Waals surface area contributed by atoms with E-state index in [9.17, 15) is 4.79 Å². The van der Waals surface area contributed by atoms with Crippen LogP contribution >= 0.6 is 0 Å². The number of benzene rings is 2. The quantitative estimate of drug-likeness (QED) is 0.184. The van der Waals surface area contributed by atoms with Crippen LogP contribution in [-0.2, 0) is 41.7 Å². The van der Waals surface area contributed by atoms with Crippen molar-refractivity contribution in [1.29, 1.82) is 0 Å². The van der Waals surface area contributed by atoms with Crippen molar-refractivity contribution in [3.05, 3.63) is 83.9 Å². The van der Waals surface area contributed by atoms with Crippen molar-refractivity contribution >= 4 is 5.97 Å². The van der Waals surface area contributed by atoms with Gasteiger partial charge in [-0.25, -0.2) is 0 Å². The number of ether oxygens (including phenoxy) is 5. The molecule has 6 nitrogen and oxygen atoms in total. The summed E-state index contributed by atoms with van der Waals surface area (Å²) in [5.41, 5.74) is 0.394. The van der Waals surface area contributed by atoms with Gasteiger partial charge in [-0.3, -0.25) is 4.79 Å². The standard InChI is InChI=1S/C33H44O6/c1-6-7-18-32(4)28(37-25(2)34)21-29-33(5,39-32)22-30(36-24-27-16-12-9-13-17-27)31(3,38-29)19-20-35-23-26-14-10-8-11-15-26/h6-17,28-30H,18-24H2,1-5H3/b7-6-/t28-,29?,30+,31-,32+,33-/m1/s1. The van der Waals surface area contributed by atoms with Crippen LogP contribution in [-0.4, -0.2) is 47.7 Å². The number of hydrogen-bond acceptors (Lipinski definition) is 6. The van der Waals surface area contributed by atoms with Crippen molar-refractivity contribution in [3.63, 3.8) is 0 Å². The molecular weight excluding hydrogens is 492 g/mol. The van der Waals surface area contributed by atoms with Gasteiger partial charge in [-0.15, -0.1) is 0 Å². The van der Waals surface area contributed by atoms with Crippen LogP contribution in [0.2, 0.25) is 0 Å². The number of carbonyl (C=O) groups excluding carboxylic acids is 1. The third-order valence-electron chi connectivity index (χ3n) is 8.16. The van der Waals surface area contributed by atoms with E-state index in [1.807, 2.05) is 56.3 Å². The maximum Gasteiger partial charge on any atom is 0.303 e. The zero-order chi connectivity index (χ0) is 27.9. The molecule has 39 heavy (non-hydrogen) atoms. The van der Waals surface area contributed by atoms with Gasteiger partial charge in [0.1, 0.15) is 11.7 Å². The van der Waals surface area contributed by atoms with E-state index in [2.05, 4.69) is 44.2 Å². The molecule has 4 rings (SSSR count). The number of allylic oxidation sites excluding steroid dienone is 1. The second-order valence-electron chi connectivity index (χ2n) is 11.5. The Kier molecular flexibility index (Phi) is 9.65. The van der Waals surface area contributed by atoms with Crippen molar-refractivity contribution in [2.24, 2.45) is 0 Å². The Morgan fingerprint density at radius 1 is 0.949 bits per heavy atom. The lowest BCUT2D eigenvalue weighted by atomic mass is 9.73. The van der Waals surface area contributed by atoms with Gasteiger partial charge in [-0.1, -0.05) is 72.8 Å². The highest BCUT2D eigenvalue weighted by atomic mass is 16.6. The third-order valence-corrected chi connectivity index (χ3v) is 8.16. The van der Waals surface area contributed by atoms with Gasteiger partial charge in [0.2, 0.25) is 0 Å². The highest BCUT2D eigenvalue weighted by Gasteiger charge is 2.60. The molecule has 0 N–H and O–H groups in total. The summed E-state index contributed by atoms with van der Waals surface area (Å²) < 4.78 is 32.3. The molecule has 0 saturated carbocycles. The van der Waals surface area contributed by atoms with Crippen molar-refractivity contribution in [3.8, 4) is 0 Å². The Morgan fingerprint density at radius 3 is 2.21 bits per heavy atom. The molecule has 2 aliphatic heterocycles. The third kappa shape index (κ3) is 7.37. The normalized spacial score (nSPS) is 32.6. The Morgan fingerprint density at radius 2 is 1.59 bits per heavy atom. The van der Waals surface area contributed by atoms with E-state index in [0.717, 1.165) is 11.1 Å². The van der Waals surface area contributed by atoms with E-state index in [4.69, 9.17) is 23.7 Å². The predicted molar refractivity (Wildman–Crippen MR) is 151 cm³/mol. The van der Waals surface area contributed by atoms with Gasteiger partial charge in [-0.05, 0) is 45.2 Å². The Balaban J connectivity index is 1.53. The molecule has 2 aliphatic rings. The number of hydrogen-bond donors (Lipinski definition) is 0. The van der Waals surface area contributed by atoms with Crippen LogP contribution in [0.25, 0.3) is 0 Å². The Labute approximate surface area is 233 Å². The van der Waals surface area contributed by atoms with E-state index in [1.54, 1.807) is 0 Å². The molecule has 2 heterocycles. The first-order valence-corrected chi connectivity index (χ1v) is 14.1. The van der Waals surface area contributed by atoms with E-state index in [0.29, 0.717) is 45.5 Å². The van der Waals surface area contributed by atoms with E-state index in [1.165, 1.54) is 6.92 Å². The molecule has 6 atom stereocenters. The fourth-order valence-electron chi connectivity index (χ4n) is 5.85. The van der Waals surface area contributed by atoms with E-state index in [-0.39, 0.29) is 18.2 Å². The van der Waals surface area contributed by atoms with Crippen LogP contribution in [0.4, 0.5) is 0 Å². The maximum atomic E-state index is 12.0. The Bertz CT molecular complexity index is 1090. The zero-order valence-electron chi connectivity index (χ0n) is 24.1. The van der Waals surface area contributed by atoms with Gasteiger partial charge < -0.3 is 23.7 Å². The van der Waals surface area contributed by atoms with E-state index < -0.39 is 22.9 Å². The highest BCUT2D eigenvalue weighted by Crippen LogP contribution is 2.50. The average molecular weight is 537 g/mol. The van der Waals surface area contributed by atoms with Gasteiger partial charge in [0.15, 0.2) is 0 Å². The summed E-state index contributed by atoms with van der Waals surface area (Å²) in [4.78, 5) is 12.0. The van der Waals surface area contributed by atoms with Crippen LogP contribution in [0.3, 0.4) is 0 Å². The van der Waals surface area contributed by atoms with Crippen LogP contribution < -0.4 is 0 Å². The minimum absolute atomic E-state index is 0.212. The molecule has 2 saturated heterocycles. The fourth-order valence-corrected chi connectivity index (χ4v) is 5.85. The SMILES string of the molecule is C/C=C\C[C@]1(C)O[C@]2(C)C[C@H](OCc3ccccc3)[C@@](C)(CCOCc3ccccc3)OC2C[C@H]1OC(C)=O. The van der Waals surface area contributed by atoms with Gasteiger partial charge >= 0.3 is 5.97 Å². The predicted octanol–water partition coefficient (Wildman–Crippen LogP) is 6.56. The molecule has 2 aromatic carbocycles. The van der Waals surface area contributed by atoms with Crippen molar-refractivity contribution < 1.29 is 28.5 Å². The molecule has 2 aromatic rings. The van der Waals surface area contributed by atoms with Crippen LogP contribution in [0.5, 0.6) is 0 Å². The Hall–Kier alpha value is -2.51. The summed E-state index contributed by atoms with van der Waals surface area (Å²) in [6.45, 7) is 11.3. The van der Waals surface area contributed by atoms with Gasteiger partial charge in [0.25, 0.3) is 0 Å². The lowest BCUT2D eigenvalue weighted by molar-refractivity contribution is -0.339. The van der Waals surface area contributed by atoms with Crippen LogP contribution in [0.1, 0.15) is 71.4 Å². The van der Waals surface area contributed by atoms with Gasteiger partial charge in [0, 0.05) is 32.8 Å². The summed E-state index contributed by atoms with van der Waals surface area (Å²) in [6.07, 6.45) is 5.74. The lowest BCUT2D eigenvalue weighted by Gasteiger charge is -2.59. The second kappa shape index (κ2) is 12.8. The van der Waals surface area contributed by atoms with Crippen LogP contribution in [0, 0.1) is 0 Å². The lowest BCUT2D eigenvalue weighted by Crippen LogP contribution is -2.69. The van der Waals surface area contributed by atoms with E-state index >= 15 is 0 Å². The molecule has 0 amide bonds. The van der Waals surface area contributed by atoms with Crippen LogP contribution in [0.15, 0.2) is 72.8 Å². The molecule has 0 aromatic heterocycles. The molecule has 0 aliphatic carbocycles. The zero-order valence-corrected chi connectivity index (χ0v) is 24.1. The summed E-state index contributed by atoms with van der Waals surface area (Å²) in [7, 11) is 0. The smallest absolute Gasteiger partial charge is 0.303 e. The summed E-state index contributed by atoms with van der Waals surface area (Å²) in [5, 5.41) is 0. The molecule has 0 spiro atoms. The molecule has 212 valence electrons. The van der Waals surface area contributed by atoms with Crippen molar-refractivity contribution in [2.45, 2.75) is 109 Å². The molecule has 0 bridgehead atoms. The molecular formula is C33H44O6. The second-order valence-corrected chi connectivity index (χ2v) is 11.5. The minimum Gasteiger partial charge on any atom is -0.459 e. The van der Waals surface area contributed by atoms with Gasteiger partial charge in [-0.2, -0.15) is 0 Å². The largest absolute Gasteiger partial charge is 0.459 e. The monoisotopic (exact) mass is 536 g/mol. The molecule has 1 unspecified atom stereocenters. The molecule has 6 heteroatoms. The fraction of sp³-hybridized carbons (Fsp3) is 0.545. The van der Waals surface area contributed by atoms with Crippen molar-refractivity contribution in [2.75, 3.05) is 6.61 Å². The minimum atomic E-state index is -0.663. The first-order chi connectivity index (χ1) is 18.7. The van der Waals surface area contributed by atoms with Gasteiger partial charge in [0.05, 0.1) is 36.6 Å². The maximum absolute atomic E-state index is 12.0. The van der Waals surface area contributed by atoms with Crippen molar-refractivity contribution in [1.82, 2.24) is 0 Å². The number of rotatable bonds is 11. The summed E-state index contributed by atoms with van der Waals surface area (Å²) in [6, 6.07) is 20.4. The number of carbonyl (C=O) groups is 1.